The summed E-state index contributed by atoms with van der Waals surface area (Å²) in [5.74, 6) is 0.0249. The molecule has 0 aliphatic heterocycles. The second kappa shape index (κ2) is 12.3. The molecule has 0 aliphatic carbocycles. The molecule has 0 amide bonds. The lowest BCUT2D eigenvalue weighted by Crippen LogP contribution is -2.17. The molecule has 12 heteroatoms. The van der Waals surface area contributed by atoms with Gasteiger partial charge in [0.15, 0.2) is 5.13 Å². The minimum atomic E-state index is -3.56. The Hall–Kier alpha value is -3.87. The van der Waals surface area contributed by atoms with E-state index in [0.717, 1.165) is 36.1 Å². The molecular formula is C29H32FN7O2S2. The van der Waals surface area contributed by atoms with Gasteiger partial charge in [0.25, 0.3) is 0 Å². The number of halogens is 1. The summed E-state index contributed by atoms with van der Waals surface area (Å²) in [5.41, 5.74) is 3.71. The Morgan fingerprint density at radius 2 is 1.85 bits per heavy atom. The van der Waals surface area contributed by atoms with Gasteiger partial charge in [0, 0.05) is 47.6 Å². The van der Waals surface area contributed by atoms with Crippen LogP contribution in [0.25, 0.3) is 32.7 Å². The predicted octanol–water partition coefficient (Wildman–Crippen LogP) is 6.21. The molecule has 2 N–H and O–H groups in total. The zero-order valence-electron chi connectivity index (χ0n) is 23.1. The molecule has 0 aliphatic rings. The molecule has 0 saturated carbocycles. The van der Waals surface area contributed by atoms with Crippen molar-refractivity contribution in [1.82, 2.24) is 24.4 Å². The van der Waals surface area contributed by atoms with Gasteiger partial charge < -0.3 is 14.8 Å². The Labute approximate surface area is 243 Å². The molecule has 3 heterocycles. The molecule has 0 atom stereocenters. The maximum absolute atomic E-state index is 13.7. The van der Waals surface area contributed by atoms with Gasteiger partial charge in [-0.05, 0) is 75.1 Å². The van der Waals surface area contributed by atoms with Crippen LogP contribution in [0.3, 0.4) is 0 Å². The molecular weight excluding hydrogens is 561 g/mol. The van der Waals surface area contributed by atoms with Crippen molar-refractivity contribution in [3.63, 3.8) is 0 Å². The van der Waals surface area contributed by atoms with Gasteiger partial charge in [-0.2, -0.15) is 0 Å². The van der Waals surface area contributed by atoms with Crippen LogP contribution in [-0.4, -0.2) is 59.2 Å². The molecule has 3 aromatic heterocycles. The van der Waals surface area contributed by atoms with E-state index >= 15 is 0 Å². The van der Waals surface area contributed by atoms with Gasteiger partial charge in [0.2, 0.25) is 16.0 Å². The lowest BCUT2D eigenvalue weighted by atomic mass is 10.1. The summed E-state index contributed by atoms with van der Waals surface area (Å²) in [7, 11) is 0.562. The highest BCUT2D eigenvalue weighted by Gasteiger charge is 2.20. The van der Waals surface area contributed by atoms with Crippen molar-refractivity contribution in [2.45, 2.75) is 26.3 Å². The standard InChI is InChI=1S/C29H32FN7O2S2/c1-4-5-18-41(38,39)35-29-34-26(20-6-8-22(30)9-7-20)27(40-29)24-12-14-31-28(33-24)32-23-10-11-25-21(19-23)13-15-37(25)17-16-36(2)3/h6-15,19H,4-5,16-18H2,1-3H3,(H,34,35)(H,31,32,33). The van der Waals surface area contributed by atoms with Crippen LogP contribution in [0.2, 0.25) is 0 Å². The van der Waals surface area contributed by atoms with Crippen molar-refractivity contribution in [3.8, 4) is 21.8 Å². The van der Waals surface area contributed by atoms with Gasteiger partial charge in [-0.15, -0.1) is 0 Å². The quantitative estimate of drug-likeness (QED) is 0.177. The second-order valence-corrected chi connectivity index (χ2v) is 12.8. The number of sulfonamides is 1. The minimum absolute atomic E-state index is 0.00918. The van der Waals surface area contributed by atoms with Crippen LogP contribution in [0, 0.1) is 5.82 Å². The summed E-state index contributed by atoms with van der Waals surface area (Å²) in [6, 6.07) is 15.9. The fraction of sp³-hybridized carbons (Fsp3) is 0.276. The molecule has 0 spiro atoms. The highest BCUT2D eigenvalue weighted by molar-refractivity contribution is 7.92. The SMILES string of the molecule is CCCCS(=O)(=O)Nc1nc(-c2ccc(F)cc2)c(-c2ccnc(Nc3ccc4c(ccn4CCN(C)C)c3)n2)s1. The van der Waals surface area contributed by atoms with Crippen LogP contribution in [0.4, 0.5) is 21.2 Å². The first kappa shape index (κ1) is 28.7. The number of nitrogens with zero attached hydrogens (tertiary/aromatic N) is 5. The maximum Gasteiger partial charge on any atom is 0.234 e. The van der Waals surface area contributed by atoms with E-state index in [1.54, 1.807) is 24.4 Å². The van der Waals surface area contributed by atoms with Gasteiger partial charge >= 0.3 is 0 Å². The number of hydrogen-bond donors (Lipinski definition) is 2. The van der Waals surface area contributed by atoms with Gasteiger partial charge in [-0.1, -0.05) is 24.7 Å². The number of thiazole rings is 1. The Bertz CT molecular complexity index is 1750. The van der Waals surface area contributed by atoms with Crippen LogP contribution in [-0.2, 0) is 16.6 Å². The summed E-state index contributed by atoms with van der Waals surface area (Å²) >= 11 is 1.18. The van der Waals surface area contributed by atoms with E-state index in [-0.39, 0.29) is 16.7 Å². The number of hydrogen-bond acceptors (Lipinski definition) is 8. The van der Waals surface area contributed by atoms with Gasteiger partial charge in [0.05, 0.1) is 22.0 Å². The van der Waals surface area contributed by atoms with E-state index in [1.807, 2.05) is 13.0 Å². The Morgan fingerprint density at radius 3 is 2.61 bits per heavy atom. The molecule has 0 unspecified atom stereocenters. The van der Waals surface area contributed by atoms with Crippen LogP contribution in [0.1, 0.15) is 19.8 Å². The van der Waals surface area contributed by atoms with Crippen molar-refractivity contribution in [2.75, 3.05) is 36.4 Å². The van der Waals surface area contributed by atoms with Crippen molar-refractivity contribution in [3.05, 3.63) is 72.8 Å². The summed E-state index contributed by atoms with van der Waals surface area (Å²) in [6.45, 7) is 3.78. The van der Waals surface area contributed by atoms with Crippen LogP contribution < -0.4 is 10.0 Å². The number of nitrogens with one attached hydrogen (secondary N) is 2. The number of unbranched alkanes of at least 4 members (excludes halogenated alkanes) is 1. The fourth-order valence-electron chi connectivity index (χ4n) is 4.31. The highest BCUT2D eigenvalue weighted by atomic mass is 32.2. The highest BCUT2D eigenvalue weighted by Crippen LogP contribution is 2.39. The van der Waals surface area contributed by atoms with E-state index in [2.05, 4.69) is 68.0 Å². The van der Waals surface area contributed by atoms with Gasteiger partial charge in [-0.25, -0.2) is 27.8 Å². The maximum atomic E-state index is 13.7. The van der Waals surface area contributed by atoms with Crippen molar-refractivity contribution < 1.29 is 12.8 Å². The molecule has 0 fully saturated rings. The number of benzene rings is 2. The number of likely N-dealkylation sites (N-methyl/N-ethyl adjacent to an activating group) is 1. The molecule has 5 aromatic rings. The van der Waals surface area contributed by atoms with E-state index in [9.17, 15) is 12.8 Å². The van der Waals surface area contributed by atoms with E-state index in [0.29, 0.717) is 34.2 Å². The van der Waals surface area contributed by atoms with Crippen molar-refractivity contribution in [1.29, 1.82) is 0 Å². The number of aromatic nitrogens is 4. The molecule has 0 bridgehead atoms. The van der Waals surface area contributed by atoms with E-state index in [4.69, 9.17) is 4.98 Å². The summed E-state index contributed by atoms with van der Waals surface area (Å²) in [6.07, 6.45) is 5.03. The predicted molar refractivity (Wildman–Crippen MR) is 165 cm³/mol. The minimum Gasteiger partial charge on any atom is -0.346 e. The lowest BCUT2D eigenvalue weighted by molar-refractivity contribution is 0.387. The number of fused-ring (bicyclic) bond motifs is 1. The van der Waals surface area contributed by atoms with Crippen molar-refractivity contribution >= 4 is 49.0 Å². The average molecular weight is 594 g/mol. The van der Waals surface area contributed by atoms with Gasteiger partial charge in [0.1, 0.15) is 5.82 Å². The summed E-state index contributed by atoms with van der Waals surface area (Å²) < 4.78 is 43.6. The summed E-state index contributed by atoms with van der Waals surface area (Å²) in [5, 5.41) is 4.62. The number of anilines is 3. The zero-order chi connectivity index (χ0) is 29.0. The zero-order valence-corrected chi connectivity index (χ0v) is 24.8. The van der Waals surface area contributed by atoms with Crippen LogP contribution >= 0.6 is 11.3 Å². The third kappa shape index (κ3) is 7.07. The first-order chi connectivity index (χ1) is 19.7. The first-order valence-corrected chi connectivity index (χ1v) is 15.8. The molecule has 5 rings (SSSR count). The Morgan fingerprint density at radius 1 is 1.05 bits per heavy atom. The monoisotopic (exact) mass is 593 g/mol. The molecule has 41 heavy (non-hydrogen) atoms. The van der Waals surface area contributed by atoms with Gasteiger partial charge in [-0.3, -0.25) is 4.72 Å². The fourth-order valence-corrected chi connectivity index (χ4v) is 6.75. The van der Waals surface area contributed by atoms with E-state index in [1.165, 1.54) is 23.5 Å². The lowest BCUT2D eigenvalue weighted by Gasteiger charge is -2.11. The molecule has 214 valence electrons. The largest absolute Gasteiger partial charge is 0.346 e. The normalized spacial score (nSPS) is 11.8. The topological polar surface area (TPSA) is 105 Å². The third-order valence-corrected chi connectivity index (χ3v) is 8.91. The second-order valence-electron chi connectivity index (χ2n) is 9.95. The average Bonchev–Trinajstić information content (AvgIpc) is 3.55. The van der Waals surface area contributed by atoms with E-state index < -0.39 is 10.0 Å². The molecule has 9 nitrogen and oxygen atoms in total. The number of rotatable bonds is 12. The molecule has 2 aromatic carbocycles. The third-order valence-electron chi connectivity index (χ3n) is 6.46. The first-order valence-electron chi connectivity index (χ1n) is 13.3. The Balaban J connectivity index is 1.44. The summed E-state index contributed by atoms with van der Waals surface area (Å²) in [4.78, 5) is 16.5. The molecule has 0 radical (unpaired) electrons. The molecule has 0 saturated heterocycles. The Kier molecular flexibility index (Phi) is 8.62. The smallest absolute Gasteiger partial charge is 0.234 e. The van der Waals surface area contributed by atoms with Crippen molar-refractivity contribution in [2.24, 2.45) is 0 Å². The van der Waals surface area contributed by atoms with Crippen LogP contribution in [0.15, 0.2) is 67.0 Å². The van der Waals surface area contributed by atoms with Crippen LogP contribution in [0.5, 0.6) is 0 Å².